The number of rotatable bonds is 8. The van der Waals surface area contributed by atoms with Crippen LogP contribution in [0.2, 0.25) is 0 Å². The predicted octanol–water partition coefficient (Wildman–Crippen LogP) is -2.03. The lowest BCUT2D eigenvalue weighted by molar-refractivity contribution is -0.189. The summed E-state index contributed by atoms with van der Waals surface area (Å²) in [4.78, 5) is 51.9. The van der Waals surface area contributed by atoms with Crippen LogP contribution >= 0.6 is 0 Å². The highest BCUT2D eigenvalue weighted by atomic mass is 16.7. The van der Waals surface area contributed by atoms with Gasteiger partial charge in [0, 0.05) is 29.9 Å². The van der Waals surface area contributed by atoms with Gasteiger partial charge in [-0.1, -0.05) is 0 Å². The average molecular weight is 511 g/mol. The summed E-state index contributed by atoms with van der Waals surface area (Å²) < 4.78 is 19.4. The monoisotopic (exact) mass is 510 g/mol. The maximum Gasteiger partial charge on any atom is 0.330 e. The van der Waals surface area contributed by atoms with Gasteiger partial charge in [0.15, 0.2) is 6.29 Å². The van der Waals surface area contributed by atoms with Gasteiger partial charge in [-0.05, 0) is 32.6 Å². The van der Waals surface area contributed by atoms with Crippen molar-refractivity contribution in [3.05, 3.63) is 65.2 Å². The number of H-pyrrole nitrogens is 2. The largest absolute Gasteiger partial charge is 0.394 e. The van der Waals surface area contributed by atoms with Crippen molar-refractivity contribution in [2.75, 3.05) is 13.2 Å². The first-order chi connectivity index (χ1) is 17.1. The molecule has 14 heteroatoms. The summed E-state index contributed by atoms with van der Waals surface area (Å²) in [6, 6.07) is 0. The van der Waals surface area contributed by atoms with E-state index in [1.807, 2.05) is 0 Å². The SMILES string of the molecule is Cc1cn(C2CC(O)C(OCC(O)CC3C[C@H](n4cc(C)c(=O)[nH]c4=O)O[C@@H]3CO)O2)c(=O)[nH]c1=O. The lowest BCUT2D eigenvalue weighted by Gasteiger charge is -2.22. The summed E-state index contributed by atoms with van der Waals surface area (Å²) in [6.07, 6.45) is -2.13. The Morgan fingerprint density at radius 3 is 2.11 bits per heavy atom. The highest BCUT2D eigenvalue weighted by Gasteiger charge is 2.39. The zero-order valence-corrected chi connectivity index (χ0v) is 19.8. The second-order valence-electron chi connectivity index (χ2n) is 9.25. The minimum absolute atomic E-state index is 0.0459. The molecule has 4 heterocycles. The second-order valence-corrected chi connectivity index (χ2v) is 9.25. The molecule has 2 fully saturated rings. The van der Waals surface area contributed by atoms with Crippen molar-refractivity contribution in [2.24, 2.45) is 5.92 Å². The third kappa shape index (κ3) is 5.43. The van der Waals surface area contributed by atoms with E-state index in [0.29, 0.717) is 17.5 Å². The van der Waals surface area contributed by atoms with E-state index in [1.54, 1.807) is 6.92 Å². The number of hydrogen-bond donors (Lipinski definition) is 5. The third-order valence-corrected chi connectivity index (χ3v) is 6.53. The smallest absolute Gasteiger partial charge is 0.330 e. The molecule has 0 bridgehead atoms. The van der Waals surface area contributed by atoms with Crippen LogP contribution in [0.1, 0.15) is 42.8 Å². The Labute approximate surface area is 203 Å². The van der Waals surface area contributed by atoms with Crippen molar-refractivity contribution in [2.45, 2.75) is 70.2 Å². The van der Waals surface area contributed by atoms with Gasteiger partial charge < -0.3 is 29.5 Å². The van der Waals surface area contributed by atoms with Gasteiger partial charge in [-0.3, -0.25) is 28.7 Å². The first-order valence-electron chi connectivity index (χ1n) is 11.6. The number of aliphatic hydroxyl groups is 3. The number of ether oxygens (including phenoxy) is 3. The van der Waals surface area contributed by atoms with Gasteiger partial charge in [-0.25, -0.2) is 9.59 Å². The van der Waals surface area contributed by atoms with Crippen molar-refractivity contribution in [3.8, 4) is 0 Å². The van der Waals surface area contributed by atoms with Crippen molar-refractivity contribution in [1.29, 1.82) is 0 Å². The van der Waals surface area contributed by atoms with Gasteiger partial charge in [0.05, 0.1) is 25.4 Å². The minimum Gasteiger partial charge on any atom is -0.394 e. The average Bonchev–Trinajstić information content (AvgIpc) is 3.40. The van der Waals surface area contributed by atoms with E-state index in [1.165, 1.54) is 28.5 Å². The van der Waals surface area contributed by atoms with Crippen LogP contribution in [0.5, 0.6) is 0 Å². The molecular weight excluding hydrogens is 480 g/mol. The van der Waals surface area contributed by atoms with Gasteiger partial charge in [0.2, 0.25) is 0 Å². The number of aryl methyl sites for hydroxylation is 2. The van der Waals surface area contributed by atoms with Crippen LogP contribution in [0.4, 0.5) is 0 Å². The number of aliphatic hydroxyl groups excluding tert-OH is 3. The molecule has 5 N–H and O–H groups in total. The molecule has 0 amide bonds. The van der Waals surface area contributed by atoms with E-state index in [2.05, 4.69) is 9.97 Å². The minimum atomic E-state index is -1.10. The summed E-state index contributed by atoms with van der Waals surface area (Å²) in [5.41, 5.74) is -1.66. The molecule has 14 nitrogen and oxygen atoms in total. The van der Waals surface area contributed by atoms with Gasteiger partial charge in [0.25, 0.3) is 11.1 Å². The van der Waals surface area contributed by atoms with Crippen molar-refractivity contribution in [3.63, 3.8) is 0 Å². The van der Waals surface area contributed by atoms with E-state index >= 15 is 0 Å². The summed E-state index contributed by atoms with van der Waals surface area (Å²) in [6.45, 7) is 2.57. The van der Waals surface area contributed by atoms with Gasteiger partial charge >= 0.3 is 11.4 Å². The molecule has 0 radical (unpaired) electrons. The molecule has 2 aliphatic heterocycles. The fourth-order valence-electron chi connectivity index (χ4n) is 4.57. The number of nitrogens with one attached hydrogen (secondary N) is 2. The lowest BCUT2D eigenvalue weighted by atomic mass is 9.94. The van der Waals surface area contributed by atoms with Gasteiger partial charge in [0.1, 0.15) is 18.6 Å². The normalized spacial score (nSPS) is 29.0. The topological polar surface area (TPSA) is 198 Å². The molecule has 7 atom stereocenters. The molecule has 2 aromatic rings. The van der Waals surface area contributed by atoms with Crippen LogP contribution in [0, 0.1) is 19.8 Å². The Morgan fingerprint density at radius 2 is 1.56 bits per heavy atom. The Balaban J connectivity index is 1.34. The molecule has 2 saturated heterocycles. The molecule has 5 unspecified atom stereocenters. The van der Waals surface area contributed by atoms with Gasteiger partial charge in [-0.2, -0.15) is 0 Å². The summed E-state index contributed by atoms with van der Waals surface area (Å²) in [5, 5.41) is 30.6. The molecular formula is C22H30N4O10. The number of hydrogen-bond acceptors (Lipinski definition) is 10. The molecule has 0 aromatic carbocycles. The Hall–Kier alpha value is -2.88. The number of aromatic nitrogens is 4. The van der Waals surface area contributed by atoms with Crippen molar-refractivity contribution >= 4 is 0 Å². The molecule has 0 spiro atoms. The van der Waals surface area contributed by atoms with E-state index in [0.717, 1.165) is 0 Å². The fourth-order valence-corrected chi connectivity index (χ4v) is 4.57. The van der Waals surface area contributed by atoms with Crippen molar-refractivity contribution < 1.29 is 29.5 Å². The molecule has 36 heavy (non-hydrogen) atoms. The standard InChI is InChI=1S/C22H30N4O10/c1-10-6-25(21(32)23-18(10)30)16-4-12(15(8-27)35-16)3-13(28)9-34-20-14(29)5-17(36-20)26-7-11(2)19(31)24-22(26)33/h6-7,12-17,20,27-29H,3-5,8-9H2,1-2H3,(H,23,30,32)(H,24,31,33)/t12?,13?,14?,15-,16-,17?,20?/m1/s1. The molecule has 2 aromatic heterocycles. The predicted molar refractivity (Wildman–Crippen MR) is 122 cm³/mol. The lowest BCUT2D eigenvalue weighted by Crippen LogP contribution is -2.33. The molecule has 2 aliphatic rings. The Kier molecular flexibility index (Phi) is 7.73. The fraction of sp³-hybridized carbons (Fsp3) is 0.636. The second kappa shape index (κ2) is 10.6. The number of nitrogens with zero attached hydrogens (tertiary/aromatic N) is 2. The quantitative estimate of drug-likeness (QED) is 0.264. The number of aromatic amines is 2. The molecule has 0 saturated carbocycles. The highest BCUT2D eigenvalue weighted by molar-refractivity contribution is 5.03. The zero-order chi connectivity index (χ0) is 26.1. The van der Waals surface area contributed by atoms with E-state index in [4.69, 9.17) is 14.2 Å². The van der Waals surface area contributed by atoms with Crippen molar-refractivity contribution in [1.82, 2.24) is 19.1 Å². The Morgan fingerprint density at radius 1 is 1.00 bits per heavy atom. The van der Waals surface area contributed by atoms with Crippen LogP contribution in [-0.2, 0) is 14.2 Å². The van der Waals surface area contributed by atoms with Crippen LogP contribution in [0.3, 0.4) is 0 Å². The van der Waals surface area contributed by atoms with E-state index in [9.17, 15) is 34.5 Å². The summed E-state index contributed by atoms with van der Waals surface area (Å²) >= 11 is 0. The summed E-state index contributed by atoms with van der Waals surface area (Å²) in [5.74, 6) is -0.317. The zero-order valence-electron chi connectivity index (χ0n) is 19.8. The van der Waals surface area contributed by atoms with Crippen LogP contribution < -0.4 is 22.5 Å². The first kappa shape index (κ1) is 26.2. The van der Waals surface area contributed by atoms with Gasteiger partial charge in [-0.15, -0.1) is 0 Å². The van der Waals surface area contributed by atoms with E-state index < -0.39 is 59.6 Å². The Bertz CT molecular complexity index is 1310. The summed E-state index contributed by atoms with van der Waals surface area (Å²) in [7, 11) is 0. The third-order valence-electron chi connectivity index (χ3n) is 6.53. The maximum atomic E-state index is 12.2. The highest BCUT2D eigenvalue weighted by Crippen LogP contribution is 2.36. The van der Waals surface area contributed by atoms with Crippen LogP contribution in [0.15, 0.2) is 31.6 Å². The maximum absolute atomic E-state index is 12.2. The van der Waals surface area contributed by atoms with Crippen LogP contribution in [0.25, 0.3) is 0 Å². The molecule has 198 valence electrons. The van der Waals surface area contributed by atoms with E-state index in [-0.39, 0.29) is 32.0 Å². The molecule has 0 aliphatic carbocycles. The molecule has 4 rings (SSSR count). The first-order valence-corrected chi connectivity index (χ1v) is 11.6. The van der Waals surface area contributed by atoms with Crippen LogP contribution in [-0.4, -0.2) is 72.2 Å².